The van der Waals surface area contributed by atoms with E-state index in [0.29, 0.717) is 5.92 Å². The van der Waals surface area contributed by atoms with Crippen molar-refractivity contribution in [2.45, 2.75) is 38.3 Å². The Morgan fingerprint density at radius 1 is 1.20 bits per heavy atom. The fraction of sp³-hybridized carbons (Fsp3) is 0.400. The normalized spacial score (nSPS) is 17.6. The molecule has 0 radical (unpaired) electrons. The lowest BCUT2D eigenvalue weighted by atomic mass is 10.1. The highest BCUT2D eigenvalue weighted by Crippen LogP contribution is 2.40. The van der Waals surface area contributed by atoms with Crippen LogP contribution in [0.3, 0.4) is 0 Å². The molecule has 1 saturated carbocycles. The Morgan fingerprint density at radius 3 is 2.84 bits per heavy atom. The number of oxazole rings is 1. The highest BCUT2D eigenvalue weighted by atomic mass is 16.4. The van der Waals surface area contributed by atoms with Crippen molar-refractivity contribution in [3.63, 3.8) is 0 Å². The van der Waals surface area contributed by atoms with E-state index in [1.807, 2.05) is 36.5 Å². The molecule has 1 aliphatic heterocycles. The molecule has 1 fully saturated rings. The average molecular weight is 334 g/mol. The molecule has 128 valence electrons. The maximum absolute atomic E-state index is 5.96. The van der Waals surface area contributed by atoms with Gasteiger partial charge in [-0.15, -0.1) is 0 Å². The molecular formula is C20H22N4O. The molecule has 1 aromatic carbocycles. The Kier molecular flexibility index (Phi) is 3.48. The average Bonchev–Trinajstić information content (AvgIpc) is 3.30. The van der Waals surface area contributed by atoms with E-state index >= 15 is 0 Å². The molecule has 1 aliphatic carbocycles. The summed E-state index contributed by atoms with van der Waals surface area (Å²) >= 11 is 0. The van der Waals surface area contributed by atoms with E-state index in [9.17, 15) is 0 Å². The van der Waals surface area contributed by atoms with E-state index in [4.69, 9.17) is 9.40 Å². The molecule has 5 heteroatoms. The molecule has 3 aromatic rings. The lowest BCUT2D eigenvalue weighted by Gasteiger charge is -2.25. The molecule has 0 unspecified atom stereocenters. The van der Waals surface area contributed by atoms with Gasteiger partial charge in [-0.05, 0) is 12.8 Å². The number of hydrogen-bond acceptors (Lipinski definition) is 4. The van der Waals surface area contributed by atoms with Crippen LogP contribution in [0.5, 0.6) is 0 Å². The Balaban J connectivity index is 1.31. The van der Waals surface area contributed by atoms with E-state index in [2.05, 4.69) is 21.5 Å². The van der Waals surface area contributed by atoms with Crippen molar-refractivity contribution < 1.29 is 4.42 Å². The van der Waals surface area contributed by atoms with Gasteiger partial charge >= 0.3 is 0 Å². The van der Waals surface area contributed by atoms with Crippen LogP contribution in [0.25, 0.3) is 11.3 Å². The summed E-state index contributed by atoms with van der Waals surface area (Å²) in [5.74, 6) is 3.60. The molecule has 0 amide bonds. The molecule has 0 spiro atoms. The summed E-state index contributed by atoms with van der Waals surface area (Å²) in [6.07, 6.45) is 5.47. The predicted molar refractivity (Wildman–Crippen MR) is 94.9 cm³/mol. The maximum Gasteiger partial charge on any atom is 0.209 e. The van der Waals surface area contributed by atoms with Crippen molar-refractivity contribution in [2.24, 2.45) is 7.05 Å². The fourth-order valence-corrected chi connectivity index (χ4v) is 3.76. The zero-order valence-electron chi connectivity index (χ0n) is 14.5. The third kappa shape index (κ3) is 2.78. The second kappa shape index (κ2) is 5.85. The van der Waals surface area contributed by atoms with Crippen LogP contribution in [0, 0.1) is 0 Å². The van der Waals surface area contributed by atoms with Gasteiger partial charge in [0.05, 0.1) is 18.4 Å². The summed E-state index contributed by atoms with van der Waals surface area (Å²) < 4.78 is 8.30. The van der Waals surface area contributed by atoms with Gasteiger partial charge in [-0.25, -0.2) is 9.97 Å². The lowest BCUT2D eigenvalue weighted by molar-refractivity contribution is 0.217. The minimum absolute atomic E-state index is 0.698. The second-order valence-electron chi connectivity index (χ2n) is 7.14. The van der Waals surface area contributed by atoms with Gasteiger partial charge in [-0.3, -0.25) is 4.90 Å². The number of fused-ring (bicyclic) bond motifs is 1. The molecule has 5 nitrogen and oxygen atoms in total. The van der Waals surface area contributed by atoms with Gasteiger partial charge in [0, 0.05) is 43.7 Å². The topological polar surface area (TPSA) is 47.1 Å². The number of hydrogen-bond donors (Lipinski definition) is 0. The van der Waals surface area contributed by atoms with Crippen molar-refractivity contribution in [3.05, 3.63) is 59.6 Å². The molecule has 3 heterocycles. The van der Waals surface area contributed by atoms with Crippen LogP contribution in [-0.4, -0.2) is 26.0 Å². The smallest absolute Gasteiger partial charge is 0.209 e. The van der Waals surface area contributed by atoms with E-state index in [-0.39, 0.29) is 0 Å². The van der Waals surface area contributed by atoms with Crippen molar-refractivity contribution in [3.8, 4) is 11.3 Å². The van der Waals surface area contributed by atoms with Crippen molar-refractivity contribution in [1.29, 1.82) is 0 Å². The summed E-state index contributed by atoms with van der Waals surface area (Å²) in [4.78, 5) is 11.8. The summed E-state index contributed by atoms with van der Waals surface area (Å²) in [7, 11) is 2.18. The molecule has 2 aliphatic rings. The standard InChI is InChI=1S/C20H22N4O/c1-23-17-9-10-24(12-16(17)22-20(23)15-7-8-15)13-19-21-11-18(25-19)14-5-3-2-4-6-14/h2-6,11,15H,7-10,12-13H2,1H3. The van der Waals surface area contributed by atoms with Crippen LogP contribution in [0.15, 0.2) is 40.9 Å². The van der Waals surface area contributed by atoms with Gasteiger partial charge < -0.3 is 8.98 Å². The van der Waals surface area contributed by atoms with Crippen molar-refractivity contribution in [2.75, 3.05) is 6.54 Å². The van der Waals surface area contributed by atoms with Gasteiger partial charge in [0.25, 0.3) is 0 Å². The second-order valence-corrected chi connectivity index (χ2v) is 7.14. The monoisotopic (exact) mass is 334 g/mol. The maximum atomic E-state index is 5.96. The SMILES string of the molecule is Cn1c(C2CC2)nc2c1CCN(Cc1ncc(-c3ccccc3)o1)C2. The van der Waals surface area contributed by atoms with Crippen LogP contribution in [-0.2, 0) is 26.6 Å². The van der Waals surface area contributed by atoms with Crippen LogP contribution in [0.1, 0.15) is 41.9 Å². The summed E-state index contributed by atoms with van der Waals surface area (Å²) in [5.41, 5.74) is 3.72. The van der Waals surface area contributed by atoms with Crippen LogP contribution in [0.4, 0.5) is 0 Å². The third-order valence-electron chi connectivity index (χ3n) is 5.28. The van der Waals surface area contributed by atoms with Gasteiger partial charge in [-0.2, -0.15) is 0 Å². The zero-order valence-corrected chi connectivity index (χ0v) is 14.5. The quantitative estimate of drug-likeness (QED) is 0.732. The zero-order chi connectivity index (χ0) is 16.8. The Hall–Kier alpha value is -2.40. The fourth-order valence-electron chi connectivity index (χ4n) is 3.76. The van der Waals surface area contributed by atoms with E-state index in [1.54, 1.807) is 0 Å². The number of aromatic nitrogens is 3. The first-order valence-electron chi connectivity index (χ1n) is 9.05. The number of imidazole rings is 1. The summed E-state index contributed by atoms with van der Waals surface area (Å²) in [6, 6.07) is 10.1. The number of benzene rings is 1. The molecule has 25 heavy (non-hydrogen) atoms. The minimum Gasteiger partial charge on any atom is -0.439 e. The molecule has 5 rings (SSSR count). The molecule has 0 N–H and O–H groups in total. The number of nitrogens with zero attached hydrogens (tertiary/aromatic N) is 4. The minimum atomic E-state index is 0.698. The van der Waals surface area contributed by atoms with E-state index < -0.39 is 0 Å². The molecule has 2 aromatic heterocycles. The van der Waals surface area contributed by atoms with Gasteiger partial charge in [-0.1, -0.05) is 30.3 Å². The van der Waals surface area contributed by atoms with Crippen molar-refractivity contribution in [1.82, 2.24) is 19.4 Å². The molecule has 0 bridgehead atoms. The van der Waals surface area contributed by atoms with Crippen LogP contribution < -0.4 is 0 Å². The lowest BCUT2D eigenvalue weighted by Crippen LogP contribution is -2.30. The van der Waals surface area contributed by atoms with Gasteiger partial charge in [0.1, 0.15) is 5.82 Å². The van der Waals surface area contributed by atoms with Gasteiger partial charge in [0.2, 0.25) is 5.89 Å². The predicted octanol–water partition coefficient (Wildman–Crippen LogP) is 3.51. The highest BCUT2D eigenvalue weighted by Gasteiger charge is 2.31. The molecule has 0 saturated heterocycles. The van der Waals surface area contributed by atoms with E-state index in [0.717, 1.165) is 43.3 Å². The van der Waals surface area contributed by atoms with Gasteiger partial charge in [0.15, 0.2) is 5.76 Å². The largest absolute Gasteiger partial charge is 0.439 e. The first kappa shape index (κ1) is 14.9. The van der Waals surface area contributed by atoms with Crippen molar-refractivity contribution >= 4 is 0 Å². The van der Waals surface area contributed by atoms with Crippen LogP contribution in [0.2, 0.25) is 0 Å². The van der Waals surface area contributed by atoms with E-state index in [1.165, 1.54) is 30.1 Å². The Morgan fingerprint density at radius 2 is 2.04 bits per heavy atom. The summed E-state index contributed by atoms with van der Waals surface area (Å²) in [5, 5.41) is 0. The molecule has 0 atom stereocenters. The Bertz CT molecular complexity index is 892. The number of rotatable bonds is 4. The van der Waals surface area contributed by atoms with Crippen LogP contribution >= 0.6 is 0 Å². The first-order valence-corrected chi connectivity index (χ1v) is 9.05. The summed E-state index contributed by atoms with van der Waals surface area (Å²) in [6.45, 7) is 2.65. The third-order valence-corrected chi connectivity index (χ3v) is 5.28. The first-order chi connectivity index (χ1) is 12.3. The Labute approximate surface area is 147 Å². The molecular weight excluding hydrogens is 312 g/mol. The highest BCUT2D eigenvalue weighted by molar-refractivity contribution is 5.55.